The molecule has 0 spiro atoms. The average Bonchev–Trinajstić information content (AvgIpc) is 2.71. The lowest BCUT2D eigenvalue weighted by Gasteiger charge is -2.31. The standard InChI is InChI=1S/C25H32ClNO7S/c1-24(2,3)33-22(29)15-27(21(16-28)23(30)34-25(4,5)6)35(31,32)20-13-9-18(10-14-20)17-7-11-19(26)12-8-17/h7-14,21,28H,15-16H2,1-6H3. The van der Waals surface area contributed by atoms with Crippen LogP contribution in [0.4, 0.5) is 0 Å². The highest BCUT2D eigenvalue weighted by Gasteiger charge is 2.40. The molecule has 2 aromatic rings. The monoisotopic (exact) mass is 525 g/mol. The first-order chi connectivity index (χ1) is 16.0. The molecule has 10 heteroatoms. The number of aliphatic hydroxyl groups is 1. The van der Waals surface area contributed by atoms with Crippen LogP contribution < -0.4 is 0 Å². The van der Waals surface area contributed by atoms with Crippen LogP contribution in [0.2, 0.25) is 5.02 Å². The van der Waals surface area contributed by atoms with Gasteiger partial charge in [-0.05, 0) is 76.9 Å². The molecule has 2 aromatic carbocycles. The van der Waals surface area contributed by atoms with E-state index in [0.29, 0.717) is 9.33 Å². The van der Waals surface area contributed by atoms with E-state index in [1.165, 1.54) is 12.1 Å². The van der Waals surface area contributed by atoms with Crippen molar-refractivity contribution in [2.45, 2.75) is 63.7 Å². The van der Waals surface area contributed by atoms with Crippen LogP contribution in [0.5, 0.6) is 0 Å². The van der Waals surface area contributed by atoms with E-state index in [1.54, 1.807) is 77.9 Å². The Morgan fingerprint density at radius 3 is 1.77 bits per heavy atom. The molecule has 2 rings (SSSR count). The first-order valence-electron chi connectivity index (χ1n) is 11.0. The molecule has 0 bridgehead atoms. The van der Waals surface area contributed by atoms with Crippen LogP contribution in [-0.4, -0.2) is 60.2 Å². The van der Waals surface area contributed by atoms with Crippen LogP contribution in [0, 0.1) is 0 Å². The minimum atomic E-state index is -4.42. The fourth-order valence-corrected chi connectivity index (χ4v) is 4.75. The molecule has 8 nitrogen and oxygen atoms in total. The quantitative estimate of drug-likeness (QED) is 0.518. The van der Waals surface area contributed by atoms with Gasteiger partial charge in [0.2, 0.25) is 10.0 Å². The molecule has 1 atom stereocenters. The second kappa shape index (κ2) is 11.1. The molecule has 0 aliphatic rings. The zero-order valence-corrected chi connectivity index (χ0v) is 22.3. The maximum absolute atomic E-state index is 13.6. The smallest absolute Gasteiger partial charge is 0.327 e. The summed E-state index contributed by atoms with van der Waals surface area (Å²) >= 11 is 5.93. The van der Waals surface area contributed by atoms with Gasteiger partial charge in [0.25, 0.3) is 0 Å². The topological polar surface area (TPSA) is 110 Å². The molecule has 0 fully saturated rings. The number of sulfonamides is 1. The van der Waals surface area contributed by atoms with Gasteiger partial charge in [0, 0.05) is 5.02 Å². The zero-order chi connectivity index (χ0) is 26.6. The normalized spacial score (nSPS) is 13.4. The van der Waals surface area contributed by atoms with Gasteiger partial charge in [0.15, 0.2) is 0 Å². The molecule has 0 saturated carbocycles. The average molecular weight is 526 g/mol. The molecule has 0 amide bonds. The number of hydrogen-bond acceptors (Lipinski definition) is 7. The first-order valence-corrected chi connectivity index (χ1v) is 12.8. The molecule has 0 radical (unpaired) electrons. The summed E-state index contributed by atoms with van der Waals surface area (Å²) in [6, 6.07) is 11.3. The third-order valence-corrected chi connectivity index (χ3v) is 6.66. The minimum absolute atomic E-state index is 0.166. The minimum Gasteiger partial charge on any atom is -0.459 e. The largest absolute Gasteiger partial charge is 0.459 e. The molecule has 0 saturated heterocycles. The predicted molar refractivity (Wildman–Crippen MR) is 133 cm³/mol. The number of rotatable bonds is 8. The number of aliphatic hydroxyl groups excluding tert-OH is 1. The lowest BCUT2D eigenvalue weighted by Crippen LogP contribution is -2.51. The van der Waals surface area contributed by atoms with Crippen molar-refractivity contribution in [3.05, 3.63) is 53.6 Å². The third kappa shape index (κ3) is 8.31. The Morgan fingerprint density at radius 2 is 1.34 bits per heavy atom. The number of esters is 2. The summed E-state index contributed by atoms with van der Waals surface area (Å²) in [6.45, 7) is 8.07. The fourth-order valence-electron chi connectivity index (χ4n) is 3.11. The summed E-state index contributed by atoms with van der Waals surface area (Å²) in [7, 11) is -4.42. The Balaban J connectivity index is 2.46. The van der Waals surface area contributed by atoms with Crippen molar-refractivity contribution in [2.24, 2.45) is 0 Å². The van der Waals surface area contributed by atoms with Gasteiger partial charge in [-0.15, -0.1) is 0 Å². The van der Waals surface area contributed by atoms with Crippen molar-refractivity contribution in [3.63, 3.8) is 0 Å². The molecule has 35 heavy (non-hydrogen) atoms. The van der Waals surface area contributed by atoms with E-state index in [2.05, 4.69) is 0 Å². The Kier molecular flexibility index (Phi) is 9.10. The number of carbonyl (C=O) groups excluding carboxylic acids is 2. The highest BCUT2D eigenvalue weighted by molar-refractivity contribution is 7.89. The van der Waals surface area contributed by atoms with E-state index in [0.717, 1.165) is 11.1 Å². The predicted octanol–water partition coefficient (Wildman–Crippen LogP) is 4.04. The van der Waals surface area contributed by atoms with Crippen LogP contribution in [0.25, 0.3) is 11.1 Å². The van der Waals surface area contributed by atoms with Crippen LogP contribution >= 0.6 is 11.6 Å². The summed E-state index contributed by atoms with van der Waals surface area (Å²) < 4.78 is 38.3. The lowest BCUT2D eigenvalue weighted by molar-refractivity contribution is -0.163. The van der Waals surface area contributed by atoms with Crippen molar-refractivity contribution in [3.8, 4) is 11.1 Å². The molecule has 0 aromatic heterocycles. The van der Waals surface area contributed by atoms with E-state index in [9.17, 15) is 23.1 Å². The van der Waals surface area contributed by atoms with E-state index < -0.39 is 52.4 Å². The maximum atomic E-state index is 13.6. The number of nitrogens with zero attached hydrogens (tertiary/aromatic N) is 1. The zero-order valence-electron chi connectivity index (χ0n) is 20.7. The van der Waals surface area contributed by atoms with Gasteiger partial charge in [-0.1, -0.05) is 35.9 Å². The number of benzene rings is 2. The van der Waals surface area contributed by atoms with Crippen molar-refractivity contribution < 1.29 is 32.6 Å². The summed E-state index contributed by atoms with van der Waals surface area (Å²) in [5.74, 6) is -1.86. The SMILES string of the molecule is CC(C)(C)OC(=O)CN(C(CO)C(=O)OC(C)(C)C)S(=O)(=O)c1ccc(-c2ccc(Cl)cc2)cc1. The van der Waals surface area contributed by atoms with Crippen LogP contribution in [0.3, 0.4) is 0 Å². The fraction of sp³-hybridized carbons (Fsp3) is 0.440. The third-order valence-electron chi connectivity index (χ3n) is 4.54. The molecular formula is C25H32ClNO7S. The van der Waals surface area contributed by atoms with Gasteiger partial charge in [0.05, 0.1) is 11.5 Å². The van der Waals surface area contributed by atoms with Crippen LogP contribution in [0.1, 0.15) is 41.5 Å². The molecule has 1 unspecified atom stereocenters. The Bertz CT molecular complexity index is 1130. The van der Waals surface area contributed by atoms with Gasteiger partial charge in [-0.2, -0.15) is 4.31 Å². The van der Waals surface area contributed by atoms with Crippen molar-refractivity contribution in [1.29, 1.82) is 0 Å². The van der Waals surface area contributed by atoms with Crippen molar-refractivity contribution in [2.75, 3.05) is 13.2 Å². The van der Waals surface area contributed by atoms with Crippen LogP contribution in [-0.2, 0) is 29.1 Å². The van der Waals surface area contributed by atoms with Crippen molar-refractivity contribution in [1.82, 2.24) is 4.31 Å². The number of carbonyl (C=O) groups is 2. The molecule has 1 N–H and O–H groups in total. The van der Waals surface area contributed by atoms with E-state index >= 15 is 0 Å². The van der Waals surface area contributed by atoms with Gasteiger partial charge < -0.3 is 14.6 Å². The Hall–Kier alpha value is -2.46. The summed E-state index contributed by atoms with van der Waals surface area (Å²) in [6.07, 6.45) is 0. The van der Waals surface area contributed by atoms with E-state index in [1.807, 2.05) is 0 Å². The summed E-state index contributed by atoms with van der Waals surface area (Å²) in [4.78, 5) is 25.2. The first kappa shape index (κ1) is 28.8. The van der Waals surface area contributed by atoms with Gasteiger partial charge in [-0.25, -0.2) is 8.42 Å². The lowest BCUT2D eigenvalue weighted by atomic mass is 10.1. The molecule has 0 heterocycles. The summed E-state index contributed by atoms with van der Waals surface area (Å²) in [5.41, 5.74) is -0.254. The highest BCUT2D eigenvalue weighted by atomic mass is 35.5. The number of halogens is 1. The highest BCUT2D eigenvalue weighted by Crippen LogP contribution is 2.26. The molecule has 192 valence electrons. The molecular weight excluding hydrogens is 494 g/mol. The van der Waals surface area contributed by atoms with Gasteiger partial charge in [0.1, 0.15) is 23.8 Å². The number of hydrogen-bond donors (Lipinski definition) is 1. The second-order valence-corrected chi connectivity index (χ2v) is 12.2. The maximum Gasteiger partial charge on any atom is 0.327 e. The molecule has 0 aliphatic heterocycles. The van der Waals surface area contributed by atoms with Crippen molar-refractivity contribution >= 4 is 33.6 Å². The Morgan fingerprint density at radius 1 is 0.886 bits per heavy atom. The van der Waals surface area contributed by atoms with Gasteiger partial charge in [-0.3, -0.25) is 9.59 Å². The number of ether oxygens (including phenoxy) is 2. The van der Waals surface area contributed by atoms with Crippen LogP contribution in [0.15, 0.2) is 53.4 Å². The van der Waals surface area contributed by atoms with E-state index in [-0.39, 0.29) is 4.90 Å². The van der Waals surface area contributed by atoms with Gasteiger partial charge >= 0.3 is 11.9 Å². The van der Waals surface area contributed by atoms with E-state index in [4.69, 9.17) is 21.1 Å². The summed E-state index contributed by atoms with van der Waals surface area (Å²) in [5, 5.41) is 10.5. The second-order valence-electron chi connectivity index (χ2n) is 9.90. The Labute approximate surface area is 211 Å². The molecule has 0 aliphatic carbocycles.